The van der Waals surface area contributed by atoms with Gasteiger partial charge in [0.25, 0.3) is 0 Å². The Labute approximate surface area is 80.6 Å². The molecule has 0 spiro atoms. The van der Waals surface area contributed by atoms with E-state index >= 15 is 0 Å². The molecule has 0 saturated heterocycles. The van der Waals surface area contributed by atoms with Crippen LogP contribution in [0.25, 0.3) is 0 Å². The van der Waals surface area contributed by atoms with Crippen molar-refractivity contribution in [1.29, 1.82) is 0 Å². The number of aliphatic hydroxyl groups is 1. The first kappa shape index (κ1) is 10.3. The van der Waals surface area contributed by atoms with Crippen molar-refractivity contribution in [2.45, 2.75) is 12.8 Å². The van der Waals surface area contributed by atoms with Crippen LogP contribution in [0.2, 0.25) is 5.02 Å². The van der Waals surface area contributed by atoms with Crippen molar-refractivity contribution in [2.24, 2.45) is 0 Å². The van der Waals surface area contributed by atoms with E-state index in [0.29, 0.717) is 0 Å². The van der Waals surface area contributed by atoms with E-state index in [2.05, 4.69) is 0 Å². The van der Waals surface area contributed by atoms with Crippen LogP contribution in [0, 0.1) is 5.82 Å². The van der Waals surface area contributed by atoms with Gasteiger partial charge in [0.15, 0.2) is 0 Å². The van der Waals surface area contributed by atoms with E-state index in [1.54, 1.807) is 6.92 Å². The predicted octanol–water partition coefficient (Wildman–Crippen LogP) is 2.28. The summed E-state index contributed by atoms with van der Waals surface area (Å²) >= 11 is 5.52. The summed E-state index contributed by atoms with van der Waals surface area (Å²) in [6.07, 6.45) is 0. The van der Waals surface area contributed by atoms with Crippen LogP contribution in [-0.4, -0.2) is 16.8 Å². The largest absolute Gasteiger partial charge is 0.508 e. The molecule has 0 aromatic heterocycles. The maximum atomic E-state index is 13.3. The molecule has 0 saturated carbocycles. The minimum atomic E-state index is -0.664. The third kappa shape index (κ3) is 1.92. The van der Waals surface area contributed by atoms with E-state index in [0.717, 1.165) is 0 Å². The first-order valence-electron chi connectivity index (χ1n) is 3.85. The summed E-state index contributed by atoms with van der Waals surface area (Å²) in [6, 6.07) is 2.59. The maximum absolute atomic E-state index is 13.3. The zero-order chi connectivity index (χ0) is 10.0. The van der Waals surface area contributed by atoms with E-state index in [-0.39, 0.29) is 22.9 Å². The van der Waals surface area contributed by atoms with Gasteiger partial charge in [0, 0.05) is 18.1 Å². The molecule has 0 heterocycles. The van der Waals surface area contributed by atoms with Crippen LogP contribution in [0.15, 0.2) is 12.1 Å². The summed E-state index contributed by atoms with van der Waals surface area (Å²) in [6.45, 7) is 1.37. The first-order valence-corrected chi connectivity index (χ1v) is 4.23. The average molecular weight is 205 g/mol. The van der Waals surface area contributed by atoms with Crippen molar-refractivity contribution in [2.75, 3.05) is 6.61 Å². The second-order valence-electron chi connectivity index (χ2n) is 2.88. The summed E-state index contributed by atoms with van der Waals surface area (Å²) in [4.78, 5) is 0. The highest BCUT2D eigenvalue weighted by Gasteiger charge is 2.17. The van der Waals surface area contributed by atoms with Gasteiger partial charge in [0.1, 0.15) is 11.6 Å². The Kier molecular flexibility index (Phi) is 3.12. The fraction of sp³-hybridized carbons (Fsp3) is 0.333. The number of halogens is 2. The quantitative estimate of drug-likeness (QED) is 0.776. The van der Waals surface area contributed by atoms with Crippen molar-refractivity contribution < 1.29 is 14.6 Å². The lowest BCUT2D eigenvalue weighted by Gasteiger charge is -2.12. The standard InChI is InChI=1S/C9H10ClFO2/c1-5(4-12)8-7(13)3-2-6(10)9(8)11/h2-3,5,12-13H,4H2,1H3. The van der Waals surface area contributed by atoms with Crippen molar-refractivity contribution in [1.82, 2.24) is 0 Å². The van der Waals surface area contributed by atoms with Crippen LogP contribution in [0.1, 0.15) is 18.4 Å². The normalized spacial score (nSPS) is 12.9. The highest BCUT2D eigenvalue weighted by atomic mass is 35.5. The molecular weight excluding hydrogens is 195 g/mol. The van der Waals surface area contributed by atoms with Gasteiger partial charge >= 0.3 is 0 Å². The van der Waals surface area contributed by atoms with Gasteiger partial charge in [-0.15, -0.1) is 0 Å². The Morgan fingerprint density at radius 3 is 2.69 bits per heavy atom. The number of phenols is 1. The van der Waals surface area contributed by atoms with Gasteiger partial charge in [0.2, 0.25) is 0 Å². The third-order valence-electron chi connectivity index (χ3n) is 1.88. The molecule has 13 heavy (non-hydrogen) atoms. The Morgan fingerprint density at radius 2 is 2.15 bits per heavy atom. The SMILES string of the molecule is CC(CO)c1c(O)ccc(Cl)c1F. The number of aliphatic hydroxyl groups excluding tert-OH is 1. The molecule has 1 aromatic carbocycles. The molecule has 0 amide bonds. The second kappa shape index (κ2) is 3.94. The molecule has 0 bridgehead atoms. The molecule has 0 aliphatic rings. The smallest absolute Gasteiger partial charge is 0.149 e. The Morgan fingerprint density at radius 1 is 1.54 bits per heavy atom. The van der Waals surface area contributed by atoms with E-state index in [1.165, 1.54) is 12.1 Å². The molecule has 1 unspecified atom stereocenters. The third-order valence-corrected chi connectivity index (χ3v) is 2.17. The van der Waals surface area contributed by atoms with Crippen molar-refractivity contribution in [3.05, 3.63) is 28.5 Å². The predicted molar refractivity (Wildman–Crippen MR) is 48.6 cm³/mol. The van der Waals surface area contributed by atoms with Gasteiger partial charge in [-0.2, -0.15) is 0 Å². The number of benzene rings is 1. The number of hydrogen-bond donors (Lipinski definition) is 2. The minimum absolute atomic E-state index is 0.0481. The minimum Gasteiger partial charge on any atom is -0.508 e. The van der Waals surface area contributed by atoms with Gasteiger partial charge < -0.3 is 10.2 Å². The van der Waals surface area contributed by atoms with Gasteiger partial charge in [-0.25, -0.2) is 4.39 Å². The average Bonchev–Trinajstić information content (AvgIpc) is 2.12. The fourth-order valence-corrected chi connectivity index (χ4v) is 1.28. The van der Waals surface area contributed by atoms with E-state index in [4.69, 9.17) is 16.7 Å². The lowest BCUT2D eigenvalue weighted by molar-refractivity contribution is 0.267. The number of aromatic hydroxyl groups is 1. The molecule has 0 aliphatic heterocycles. The zero-order valence-electron chi connectivity index (χ0n) is 7.09. The molecule has 4 heteroatoms. The molecule has 0 aliphatic carbocycles. The fourth-order valence-electron chi connectivity index (χ4n) is 1.12. The van der Waals surface area contributed by atoms with Crippen LogP contribution < -0.4 is 0 Å². The van der Waals surface area contributed by atoms with Gasteiger partial charge in [-0.3, -0.25) is 0 Å². The lowest BCUT2D eigenvalue weighted by Crippen LogP contribution is -2.02. The molecule has 1 rings (SSSR count). The summed E-state index contributed by atoms with van der Waals surface area (Å²) in [7, 11) is 0. The molecule has 72 valence electrons. The highest BCUT2D eigenvalue weighted by Crippen LogP contribution is 2.31. The summed E-state index contributed by atoms with van der Waals surface area (Å²) in [5.74, 6) is -1.30. The highest BCUT2D eigenvalue weighted by molar-refractivity contribution is 6.30. The van der Waals surface area contributed by atoms with Crippen molar-refractivity contribution in [3.63, 3.8) is 0 Å². The molecule has 1 aromatic rings. The van der Waals surface area contributed by atoms with Gasteiger partial charge in [-0.05, 0) is 12.1 Å². The zero-order valence-corrected chi connectivity index (χ0v) is 7.85. The summed E-state index contributed by atoms with van der Waals surface area (Å²) in [5.41, 5.74) is 0.0648. The number of rotatable bonds is 2. The Balaban J connectivity index is 3.25. The van der Waals surface area contributed by atoms with Crippen LogP contribution in [0.3, 0.4) is 0 Å². The van der Waals surface area contributed by atoms with Crippen LogP contribution >= 0.6 is 11.6 Å². The van der Waals surface area contributed by atoms with Gasteiger partial charge in [-0.1, -0.05) is 18.5 Å². The summed E-state index contributed by atoms with van der Waals surface area (Å²) in [5, 5.41) is 18.1. The summed E-state index contributed by atoms with van der Waals surface area (Å²) < 4.78 is 13.3. The van der Waals surface area contributed by atoms with E-state index in [9.17, 15) is 9.50 Å². The monoisotopic (exact) mass is 204 g/mol. The molecule has 2 nitrogen and oxygen atoms in total. The lowest BCUT2D eigenvalue weighted by atomic mass is 10.0. The molecule has 0 fully saturated rings. The molecular formula is C9H10ClFO2. The van der Waals surface area contributed by atoms with Crippen LogP contribution in [0.5, 0.6) is 5.75 Å². The van der Waals surface area contributed by atoms with Gasteiger partial charge in [0.05, 0.1) is 5.02 Å². The topological polar surface area (TPSA) is 40.5 Å². The van der Waals surface area contributed by atoms with E-state index < -0.39 is 11.7 Å². The van der Waals surface area contributed by atoms with E-state index in [1.807, 2.05) is 0 Å². The number of hydrogen-bond acceptors (Lipinski definition) is 2. The molecule has 1 atom stereocenters. The van der Waals surface area contributed by atoms with Crippen LogP contribution in [-0.2, 0) is 0 Å². The Hall–Kier alpha value is -0.800. The Bertz CT molecular complexity index is 315. The molecule has 2 N–H and O–H groups in total. The van der Waals surface area contributed by atoms with Crippen LogP contribution in [0.4, 0.5) is 4.39 Å². The first-order chi connectivity index (χ1) is 6.07. The second-order valence-corrected chi connectivity index (χ2v) is 3.28. The maximum Gasteiger partial charge on any atom is 0.149 e. The van der Waals surface area contributed by atoms with Crippen molar-refractivity contribution >= 4 is 11.6 Å². The van der Waals surface area contributed by atoms with Crippen molar-refractivity contribution in [3.8, 4) is 5.75 Å². The number of phenolic OH excluding ortho intramolecular Hbond substituents is 1. The molecule has 0 radical (unpaired) electrons.